The van der Waals surface area contributed by atoms with Gasteiger partial charge in [0.05, 0.1) is 33.1 Å². The molecule has 0 saturated heterocycles. The fourth-order valence-electron chi connectivity index (χ4n) is 4.81. The van der Waals surface area contributed by atoms with Crippen LogP contribution in [0.2, 0.25) is 0 Å². The maximum Gasteiger partial charge on any atom is 0.217 e. The van der Waals surface area contributed by atoms with Gasteiger partial charge in [0, 0.05) is 19.0 Å². The summed E-state index contributed by atoms with van der Waals surface area (Å²) in [5, 5.41) is 6.36. The normalized spacial score (nSPS) is 14.3. The number of rotatable bonds is 11. The summed E-state index contributed by atoms with van der Waals surface area (Å²) in [5.41, 5.74) is 3.92. The predicted octanol–water partition coefficient (Wildman–Crippen LogP) is 5.25. The van der Waals surface area contributed by atoms with E-state index in [0.29, 0.717) is 35.8 Å². The number of aryl methyl sites for hydroxylation is 1. The van der Waals surface area contributed by atoms with Crippen LogP contribution in [-0.2, 0) is 11.2 Å². The first kappa shape index (κ1) is 26.4. The average molecular weight is 483 g/mol. The molecule has 1 amide bonds. The van der Waals surface area contributed by atoms with Gasteiger partial charge < -0.3 is 24.8 Å². The van der Waals surface area contributed by atoms with Crippen molar-refractivity contribution in [2.45, 2.75) is 64.8 Å². The summed E-state index contributed by atoms with van der Waals surface area (Å²) in [4.78, 5) is 25.3. The molecule has 2 aromatic carbocycles. The van der Waals surface area contributed by atoms with Crippen LogP contribution < -0.4 is 30.3 Å². The van der Waals surface area contributed by atoms with Crippen molar-refractivity contribution >= 4 is 11.6 Å². The summed E-state index contributed by atoms with van der Waals surface area (Å²) in [5.74, 6) is 1.49. The van der Waals surface area contributed by atoms with Gasteiger partial charge in [0.1, 0.15) is 0 Å². The second kappa shape index (κ2) is 12.5. The molecule has 0 unspecified atom stereocenters. The summed E-state index contributed by atoms with van der Waals surface area (Å²) in [6.45, 7) is 4.44. The molecular weight excluding hydrogens is 444 g/mol. The van der Waals surface area contributed by atoms with Crippen molar-refractivity contribution < 1.29 is 19.0 Å². The molecule has 1 atom stereocenters. The first-order chi connectivity index (χ1) is 16.9. The number of unbranched alkanes of at least 4 members (excludes halogenated alkanes) is 4. The van der Waals surface area contributed by atoms with E-state index in [9.17, 15) is 9.59 Å². The molecule has 0 saturated carbocycles. The highest BCUT2D eigenvalue weighted by atomic mass is 16.5. The van der Waals surface area contributed by atoms with E-state index in [1.807, 2.05) is 18.2 Å². The molecule has 7 nitrogen and oxygen atoms in total. The summed E-state index contributed by atoms with van der Waals surface area (Å²) in [6.07, 6.45) is 7.12. The number of hydrogen-bond acceptors (Lipinski definition) is 6. The van der Waals surface area contributed by atoms with Crippen molar-refractivity contribution in [2.75, 3.05) is 33.2 Å². The molecule has 35 heavy (non-hydrogen) atoms. The Balaban J connectivity index is 2.12. The lowest BCUT2D eigenvalue weighted by Gasteiger charge is -2.19. The van der Waals surface area contributed by atoms with Gasteiger partial charge in [0.2, 0.25) is 17.1 Å². The van der Waals surface area contributed by atoms with Crippen LogP contribution in [-0.4, -0.2) is 33.8 Å². The molecule has 7 heteroatoms. The second-order valence-corrected chi connectivity index (χ2v) is 8.94. The van der Waals surface area contributed by atoms with Crippen molar-refractivity contribution in [3.8, 4) is 28.4 Å². The van der Waals surface area contributed by atoms with Gasteiger partial charge in [-0.25, -0.2) is 0 Å². The van der Waals surface area contributed by atoms with E-state index < -0.39 is 0 Å². The second-order valence-electron chi connectivity index (χ2n) is 8.94. The van der Waals surface area contributed by atoms with Gasteiger partial charge in [-0.2, -0.15) is 0 Å². The zero-order valence-electron chi connectivity index (χ0n) is 21.6. The SMILES string of the molecule is CCCCCCCNc1ccc2c(cc1=O)[C@H](NC(C)=O)CCc1cc(OC)c(OC)c(OC)c1-2. The standard InChI is InChI=1S/C28H38N2O5/c1-6-7-8-9-10-15-29-23-14-12-20-21(17-24(23)32)22(30-18(2)31)13-11-19-16-25(33-3)27(34-4)28(35-5)26(19)20/h12,14,16-17,22H,6-11,13,15H2,1-5H3,(H,29,32)(H,30,31)/t22-/m1/s1. The summed E-state index contributed by atoms with van der Waals surface area (Å²) in [6, 6.07) is 7.09. The summed E-state index contributed by atoms with van der Waals surface area (Å²) in [7, 11) is 4.77. The Hall–Kier alpha value is -3.22. The van der Waals surface area contributed by atoms with Gasteiger partial charge in [-0.3, -0.25) is 9.59 Å². The zero-order valence-corrected chi connectivity index (χ0v) is 21.6. The number of carbonyl (C=O) groups excluding carboxylic acids is 1. The molecule has 1 aliphatic rings. The molecular formula is C28H38N2O5. The number of methoxy groups -OCH3 is 3. The highest BCUT2D eigenvalue weighted by Gasteiger charge is 2.29. The monoisotopic (exact) mass is 482 g/mol. The van der Waals surface area contributed by atoms with Gasteiger partial charge >= 0.3 is 0 Å². The van der Waals surface area contributed by atoms with Gasteiger partial charge in [-0.05, 0) is 54.2 Å². The zero-order chi connectivity index (χ0) is 25.4. The average Bonchev–Trinajstić information content (AvgIpc) is 3.09. The number of carbonyl (C=O) groups is 1. The van der Waals surface area contributed by atoms with Gasteiger partial charge in [0.15, 0.2) is 11.5 Å². The lowest BCUT2D eigenvalue weighted by molar-refractivity contribution is -0.119. The van der Waals surface area contributed by atoms with Crippen LogP contribution in [0.25, 0.3) is 11.1 Å². The van der Waals surface area contributed by atoms with E-state index in [1.54, 1.807) is 27.4 Å². The van der Waals surface area contributed by atoms with E-state index in [2.05, 4.69) is 17.6 Å². The third-order valence-corrected chi connectivity index (χ3v) is 6.51. The summed E-state index contributed by atoms with van der Waals surface area (Å²) < 4.78 is 17.0. The number of anilines is 1. The molecule has 0 radical (unpaired) electrons. The maximum absolute atomic E-state index is 13.2. The van der Waals surface area contributed by atoms with Crippen molar-refractivity contribution in [1.29, 1.82) is 0 Å². The number of ether oxygens (including phenoxy) is 3. The van der Waals surface area contributed by atoms with E-state index in [-0.39, 0.29) is 17.4 Å². The molecule has 3 rings (SSSR count). The lowest BCUT2D eigenvalue weighted by atomic mass is 9.95. The van der Waals surface area contributed by atoms with E-state index in [1.165, 1.54) is 26.2 Å². The topological polar surface area (TPSA) is 85.9 Å². The highest BCUT2D eigenvalue weighted by molar-refractivity contribution is 5.83. The van der Waals surface area contributed by atoms with Crippen molar-refractivity contribution in [3.05, 3.63) is 45.6 Å². The molecule has 0 bridgehead atoms. The van der Waals surface area contributed by atoms with E-state index >= 15 is 0 Å². The first-order valence-corrected chi connectivity index (χ1v) is 12.5. The number of hydrogen-bond donors (Lipinski definition) is 2. The smallest absolute Gasteiger partial charge is 0.217 e. The number of fused-ring (bicyclic) bond motifs is 3. The molecule has 2 aromatic rings. The molecule has 1 aliphatic carbocycles. The molecule has 0 aromatic heterocycles. The Bertz CT molecular complexity index is 1100. The Kier molecular flexibility index (Phi) is 9.40. The Morgan fingerprint density at radius 1 is 1.00 bits per heavy atom. The Morgan fingerprint density at radius 3 is 2.40 bits per heavy atom. The molecule has 0 aliphatic heterocycles. The molecule has 2 N–H and O–H groups in total. The largest absolute Gasteiger partial charge is 0.493 e. The van der Waals surface area contributed by atoms with E-state index in [0.717, 1.165) is 41.6 Å². The Morgan fingerprint density at radius 2 is 1.74 bits per heavy atom. The minimum atomic E-state index is -0.307. The van der Waals surface area contributed by atoms with Crippen molar-refractivity contribution in [1.82, 2.24) is 5.32 Å². The third kappa shape index (κ3) is 6.08. The maximum atomic E-state index is 13.2. The fourth-order valence-corrected chi connectivity index (χ4v) is 4.81. The van der Waals surface area contributed by atoms with Crippen LogP contribution in [0.4, 0.5) is 5.69 Å². The van der Waals surface area contributed by atoms with Crippen molar-refractivity contribution in [2.24, 2.45) is 0 Å². The molecule has 0 spiro atoms. The Labute approximate surface area is 208 Å². The molecule has 190 valence electrons. The third-order valence-electron chi connectivity index (χ3n) is 6.51. The minimum absolute atomic E-state index is 0.0990. The van der Waals surface area contributed by atoms with Crippen LogP contribution in [0, 0.1) is 0 Å². The highest BCUT2D eigenvalue weighted by Crippen LogP contribution is 2.50. The van der Waals surface area contributed by atoms with E-state index in [4.69, 9.17) is 14.2 Å². The van der Waals surface area contributed by atoms with Crippen LogP contribution >= 0.6 is 0 Å². The van der Waals surface area contributed by atoms with Gasteiger partial charge in [0.25, 0.3) is 0 Å². The first-order valence-electron chi connectivity index (χ1n) is 12.5. The fraction of sp³-hybridized carbons (Fsp3) is 0.500. The summed E-state index contributed by atoms with van der Waals surface area (Å²) >= 11 is 0. The molecule has 0 heterocycles. The quantitative estimate of drug-likeness (QED) is 0.426. The van der Waals surface area contributed by atoms with Crippen LogP contribution in [0.3, 0.4) is 0 Å². The number of amides is 1. The molecule has 0 fully saturated rings. The van der Waals surface area contributed by atoms with Gasteiger partial charge in [-0.1, -0.05) is 38.7 Å². The van der Waals surface area contributed by atoms with Crippen LogP contribution in [0.5, 0.6) is 17.2 Å². The predicted molar refractivity (Wildman–Crippen MR) is 140 cm³/mol. The minimum Gasteiger partial charge on any atom is -0.493 e. The van der Waals surface area contributed by atoms with Crippen molar-refractivity contribution in [3.63, 3.8) is 0 Å². The van der Waals surface area contributed by atoms with Crippen LogP contribution in [0.1, 0.15) is 69.5 Å². The number of nitrogens with one attached hydrogen (secondary N) is 2. The van der Waals surface area contributed by atoms with Gasteiger partial charge in [-0.15, -0.1) is 0 Å². The number of benzene rings is 1. The lowest BCUT2D eigenvalue weighted by Crippen LogP contribution is -2.26. The van der Waals surface area contributed by atoms with Crippen LogP contribution in [0.15, 0.2) is 29.1 Å².